The van der Waals surface area contributed by atoms with Crippen LogP contribution in [0.3, 0.4) is 0 Å². The van der Waals surface area contributed by atoms with Gasteiger partial charge in [-0.05, 0) is 25.0 Å². The zero-order chi connectivity index (χ0) is 33.9. The van der Waals surface area contributed by atoms with E-state index in [2.05, 4.69) is 26.4 Å². The summed E-state index contributed by atoms with van der Waals surface area (Å²) >= 11 is 14.2. The second-order valence-corrected chi connectivity index (χ2v) is 13.1. The monoisotopic (exact) mass is 698 g/mol. The smallest absolute Gasteiger partial charge is 0.220 e. The van der Waals surface area contributed by atoms with Gasteiger partial charge in [0.2, 0.25) is 17.7 Å². The number of rotatable bonds is 12. The highest BCUT2D eigenvalue weighted by atomic mass is 35.5. The fraction of sp³-hybridized carbons (Fsp3) is 0.306. The largest absolute Gasteiger partial charge is 0.481 e. The average Bonchev–Trinajstić information content (AvgIpc) is 3.84. The summed E-state index contributed by atoms with van der Waals surface area (Å²) in [5.41, 5.74) is 6.92. The Bertz CT molecular complexity index is 2030. The lowest BCUT2D eigenvalue weighted by atomic mass is 9.98. The van der Waals surface area contributed by atoms with Crippen molar-refractivity contribution >= 4 is 40.7 Å². The van der Waals surface area contributed by atoms with Crippen LogP contribution in [0.25, 0.3) is 39.3 Å². The van der Waals surface area contributed by atoms with Gasteiger partial charge in [-0.1, -0.05) is 65.7 Å². The molecule has 5 heterocycles. The quantitative estimate of drug-likeness (QED) is 0.140. The topological polar surface area (TPSA) is 135 Å². The van der Waals surface area contributed by atoms with Gasteiger partial charge in [0, 0.05) is 91.2 Å². The van der Waals surface area contributed by atoms with Crippen LogP contribution in [0.2, 0.25) is 10.0 Å². The zero-order valence-corrected chi connectivity index (χ0v) is 28.4. The number of methoxy groups -OCH3 is 1. The molecule has 11 nitrogen and oxygen atoms in total. The van der Waals surface area contributed by atoms with Crippen molar-refractivity contribution in [3.63, 3.8) is 0 Å². The van der Waals surface area contributed by atoms with Crippen molar-refractivity contribution in [2.75, 3.05) is 20.2 Å². The predicted octanol–water partition coefficient (Wildman–Crippen LogP) is 5.18. The molecule has 5 aromatic rings. The highest BCUT2D eigenvalue weighted by Gasteiger charge is 2.22. The number of benzene rings is 2. The number of nitrogens with zero attached hydrogens (tertiary/aromatic N) is 4. The van der Waals surface area contributed by atoms with Crippen LogP contribution in [0, 0.1) is 0 Å². The first-order chi connectivity index (χ1) is 23.9. The summed E-state index contributed by atoms with van der Waals surface area (Å²) < 4.78 is 7.39. The van der Waals surface area contributed by atoms with Crippen molar-refractivity contribution in [1.29, 1.82) is 0 Å². The molecule has 0 spiro atoms. The molecule has 2 atom stereocenters. The van der Waals surface area contributed by atoms with Crippen LogP contribution in [0.1, 0.15) is 36.9 Å². The van der Waals surface area contributed by atoms with Crippen LogP contribution in [-0.4, -0.2) is 63.7 Å². The lowest BCUT2D eigenvalue weighted by Crippen LogP contribution is -2.35. The van der Waals surface area contributed by atoms with E-state index in [0.29, 0.717) is 72.0 Å². The van der Waals surface area contributed by atoms with Gasteiger partial charge in [-0.2, -0.15) is 5.10 Å². The summed E-state index contributed by atoms with van der Waals surface area (Å²) in [5.74, 6) is 0.710. The first kappa shape index (κ1) is 33.0. The third-order valence-electron chi connectivity index (χ3n) is 8.92. The highest BCUT2D eigenvalue weighted by molar-refractivity contribution is 6.39. The Labute approximate surface area is 293 Å². The van der Waals surface area contributed by atoms with E-state index in [9.17, 15) is 9.59 Å². The summed E-state index contributed by atoms with van der Waals surface area (Å²) in [7, 11) is 1.60. The molecule has 49 heavy (non-hydrogen) atoms. The van der Waals surface area contributed by atoms with Gasteiger partial charge in [-0.25, -0.2) is 14.5 Å². The number of aromatic nitrogens is 4. The van der Waals surface area contributed by atoms with E-state index in [1.807, 2.05) is 66.9 Å². The molecule has 2 aromatic carbocycles. The number of carbonyl (C=O) groups is 2. The maximum absolute atomic E-state index is 11.5. The SMILES string of the molecule is COc1nc(-c2cccc(-c3cccc(-c4ccn5nc(CNC[C@H]6CCC(=O)N6)cc5n4)c3Cl)c2Cl)ccc1CNC[C@H]1CCC(=O)N1. The maximum atomic E-state index is 11.5. The first-order valence-corrected chi connectivity index (χ1v) is 17.1. The van der Waals surface area contributed by atoms with Crippen molar-refractivity contribution in [1.82, 2.24) is 40.8 Å². The van der Waals surface area contributed by atoms with Crippen molar-refractivity contribution < 1.29 is 14.3 Å². The van der Waals surface area contributed by atoms with Crippen LogP contribution < -0.4 is 26.0 Å². The molecule has 0 saturated carbocycles. The third kappa shape index (κ3) is 7.25. The van der Waals surface area contributed by atoms with Crippen LogP contribution in [-0.2, 0) is 22.7 Å². The Morgan fingerprint density at radius 2 is 1.39 bits per heavy atom. The van der Waals surface area contributed by atoms with E-state index in [4.69, 9.17) is 37.9 Å². The number of nitrogens with one attached hydrogen (secondary N) is 4. The van der Waals surface area contributed by atoms with Gasteiger partial charge in [-0.15, -0.1) is 0 Å². The molecular formula is C36H36Cl2N8O3. The number of pyridine rings is 1. The Kier molecular flexibility index (Phi) is 9.77. The predicted molar refractivity (Wildman–Crippen MR) is 189 cm³/mol. The Hall–Kier alpha value is -4.55. The number of hydrogen-bond acceptors (Lipinski definition) is 8. The second-order valence-electron chi connectivity index (χ2n) is 12.3. The number of carbonyl (C=O) groups excluding carboxylic acids is 2. The standard InChI is InChI=1S/C36H36Cl2N8O3/c1-49-36-21(17-39-18-22-9-12-32(47)41-22)8-11-29(44-36)27-6-2-4-25(34(27)37)26-5-3-7-28(35(26)38)30-14-15-46-31(43-30)16-24(45-46)20-40-19-23-10-13-33(48)42-23/h2-8,11,14-16,22-23,39-40H,9-10,12-13,17-20H2,1H3,(H,41,47)(H,42,48)/t22-,23-/m1/s1. The molecule has 2 aliphatic heterocycles. The van der Waals surface area contributed by atoms with Crippen LogP contribution in [0.5, 0.6) is 5.88 Å². The average molecular weight is 700 g/mol. The lowest BCUT2D eigenvalue weighted by Gasteiger charge is -2.15. The normalized spacial score (nSPS) is 17.4. The highest BCUT2D eigenvalue weighted by Crippen LogP contribution is 2.42. The number of hydrogen-bond donors (Lipinski definition) is 4. The molecular weight excluding hydrogens is 663 g/mol. The van der Waals surface area contributed by atoms with E-state index in [0.717, 1.165) is 46.4 Å². The summed E-state index contributed by atoms with van der Waals surface area (Å²) in [6.45, 7) is 2.49. The molecule has 7 rings (SSSR count). The van der Waals surface area contributed by atoms with E-state index >= 15 is 0 Å². The summed E-state index contributed by atoms with van der Waals surface area (Å²) in [6.07, 6.45) is 4.71. The molecule has 2 amide bonds. The van der Waals surface area contributed by atoms with E-state index in [-0.39, 0.29) is 23.9 Å². The Morgan fingerprint density at radius 3 is 1.98 bits per heavy atom. The molecule has 2 fully saturated rings. The first-order valence-electron chi connectivity index (χ1n) is 16.3. The van der Waals surface area contributed by atoms with Crippen LogP contribution in [0.4, 0.5) is 0 Å². The zero-order valence-electron chi connectivity index (χ0n) is 26.9. The number of ether oxygens (including phenoxy) is 1. The maximum Gasteiger partial charge on any atom is 0.220 e. The minimum Gasteiger partial charge on any atom is -0.481 e. The van der Waals surface area contributed by atoms with E-state index in [1.165, 1.54) is 0 Å². The van der Waals surface area contributed by atoms with Crippen molar-refractivity contribution in [2.24, 2.45) is 0 Å². The van der Waals surface area contributed by atoms with Gasteiger partial charge in [0.05, 0.1) is 34.2 Å². The molecule has 0 aliphatic carbocycles. The molecule has 4 N–H and O–H groups in total. The fourth-order valence-corrected chi connectivity index (χ4v) is 7.04. The van der Waals surface area contributed by atoms with Crippen LogP contribution >= 0.6 is 23.2 Å². The fourth-order valence-electron chi connectivity index (χ4n) is 6.39. The Balaban J connectivity index is 1.09. The molecule has 0 unspecified atom stereocenters. The van der Waals surface area contributed by atoms with Crippen LogP contribution in [0.15, 0.2) is 66.9 Å². The van der Waals surface area contributed by atoms with E-state index in [1.54, 1.807) is 11.6 Å². The molecule has 0 radical (unpaired) electrons. The Morgan fingerprint density at radius 1 is 0.796 bits per heavy atom. The molecule has 2 aliphatic rings. The third-order valence-corrected chi connectivity index (χ3v) is 9.73. The number of halogens is 2. The number of fused-ring (bicyclic) bond motifs is 1. The lowest BCUT2D eigenvalue weighted by molar-refractivity contribution is -0.120. The molecule has 3 aromatic heterocycles. The summed E-state index contributed by atoms with van der Waals surface area (Å²) in [6, 6.07) is 19.7. The van der Waals surface area contributed by atoms with Crippen molar-refractivity contribution in [2.45, 2.75) is 50.9 Å². The minimum absolute atomic E-state index is 0.0995. The van der Waals surface area contributed by atoms with Crippen molar-refractivity contribution in [3.8, 4) is 39.5 Å². The van der Waals surface area contributed by atoms with Crippen molar-refractivity contribution in [3.05, 3.63) is 88.2 Å². The molecule has 0 bridgehead atoms. The van der Waals surface area contributed by atoms with Gasteiger partial charge in [0.1, 0.15) is 0 Å². The number of amides is 2. The van der Waals surface area contributed by atoms with Gasteiger partial charge in [0.15, 0.2) is 5.65 Å². The summed E-state index contributed by atoms with van der Waals surface area (Å²) in [5, 5.41) is 18.4. The molecule has 13 heteroatoms. The second kappa shape index (κ2) is 14.5. The minimum atomic E-state index is 0.0995. The van der Waals surface area contributed by atoms with Gasteiger partial charge < -0.3 is 26.0 Å². The molecule has 2 saturated heterocycles. The van der Waals surface area contributed by atoms with E-state index < -0.39 is 0 Å². The van der Waals surface area contributed by atoms with Gasteiger partial charge in [-0.3, -0.25) is 9.59 Å². The van der Waals surface area contributed by atoms with Gasteiger partial charge >= 0.3 is 0 Å². The molecule has 252 valence electrons. The summed E-state index contributed by atoms with van der Waals surface area (Å²) in [4.78, 5) is 32.6. The van der Waals surface area contributed by atoms with Gasteiger partial charge in [0.25, 0.3) is 0 Å².